The van der Waals surface area contributed by atoms with Crippen molar-refractivity contribution in [3.05, 3.63) is 71.3 Å². The van der Waals surface area contributed by atoms with Crippen molar-refractivity contribution in [3.63, 3.8) is 0 Å². The van der Waals surface area contributed by atoms with Gasteiger partial charge in [0.1, 0.15) is 12.1 Å². The van der Waals surface area contributed by atoms with Gasteiger partial charge in [-0.1, -0.05) is 54.6 Å². The lowest BCUT2D eigenvalue weighted by molar-refractivity contribution is -0.191. The van der Waals surface area contributed by atoms with E-state index in [-0.39, 0.29) is 33.1 Å². The summed E-state index contributed by atoms with van der Waals surface area (Å²) in [5.74, 6) is -1.94. The van der Waals surface area contributed by atoms with Gasteiger partial charge in [-0.2, -0.15) is 36.6 Å². The third-order valence-electron chi connectivity index (χ3n) is 3.62. The molecule has 0 fully saturated rings. The average molecular weight is 472 g/mol. The Morgan fingerprint density at radius 3 is 1.58 bits per heavy atom. The van der Waals surface area contributed by atoms with E-state index in [1.165, 1.54) is 0 Å². The van der Waals surface area contributed by atoms with Crippen LogP contribution in [0.25, 0.3) is 0 Å². The molecule has 0 unspecified atom stereocenters. The minimum atomic E-state index is -0.983. The van der Waals surface area contributed by atoms with Crippen LogP contribution in [0.15, 0.2) is 54.6 Å². The number of carboxylic acid groups (broad SMARTS) is 2. The standard InChI is InChI=1S/C10H14N2O2.C9H11NO2.CO2.2H2S/c11-6-8-3-1-2-7(4-8)5-9(12)10(13)14;10-8(9(11)12)6-7-4-2-1-3-5-7;2-1-3;;/h1-4,9H,5-6,11-12H2,(H,13,14);1-5,8H,6,10H2,(H,11,12);;2*1H2/t9-;8-;;;/m00.../s1. The first kappa shape index (κ1) is 33.0. The van der Waals surface area contributed by atoms with Gasteiger partial charge in [-0.15, -0.1) is 0 Å². The molecule has 0 amide bonds. The zero-order valence-electron chi connectivity index (χ0n) is 16.7. The van der Waals surface area contributed by atoms with Gasteiger partial charge in [-0.25, -0.2) is 0 Å². The van der Waals surface area contributed by atoms with Crippen molar-refractivity contribution in [3.8, 4) is 0 Å². The van der Waals surface area contributed by atoms with Crippen LogP contribution in [0.5, 0.6) is 0 Å². The van der Waals surface area contributed by atoms with Gasteiger partial charge in [0.2, 0.25) is 0 Å². The summed E-state index contributed by atoms with van der Waals surface area (Å²) >= 11 is 0. The molecule has 0 spiro atoms. The lowest BCUT2D eigenvalue weighted by atomic mass is 10.0. The number of carbonyl (C=O) groups is 2. The Labute approximate surface area is 194 Å². The molecule has 0 aliphatic heterocycles. The summed E-state index contributed by atoms with van der Waals surface area (Å²) in [5.41, 5.74) is 19.1. The third-order valence-corrected chi connectivity index (χ3v) is 3.62. The van der Waals surface area contributed by atoms with E-state index >= 15 is 0 Å². The SMILES string of the molecule is NCc1cccc(C[C@H](N)C(=O)O)c1.N[C@@H](Cc1ccccc1)C(=O)O.O=C=O.S.S. The van der Waals surface area contributed by atoms with Crippen LogP contribution in [0.4, 0.5) is 0 Å². The quantitative estimate of drug-likeness (QED) is 0.380. The van der Waals surface area contributed by atoms with Crippen LogP contribution < -0.4 is 17.2 Å². The molecule has 0 saturated carbocycles. The van der Waals surface area contributed by atoms with Crippen LogP contribution in [-0.4, -0.2) is 40.4 Å². The normalized spacial score (nSPS) is 10.7. The molecule has 0 bridgehead atoms. The summed E-state index contributed by atoms with van der Waals surface area (Å²) in [6.45, 7) is 0.455. The summed E-state index contributed by atoms with van der Waals surface area (Å²) in [7, 11) is 0. The maximum absolute atomic E-state index is 10.5. The Hall–Kier alpha value is -2.66. The van der Waals surface area contributed by atoms with Crippen LogP contribution in [0.2, 0.25) is 0 Å². The molecular weight excluding hydrogens is 442 g/mol. The molecule has 0 saturated heterocycles. The summed E-state index contributed by atoms with van der Waals surface area (Å²) in [6.07, 6.45) is 0.972. The first-order chi connectivity index (χ1) is 13.7. The predicted molar refractivity (Wildman–Crippen MR) is 125 cm³/mol. The van der Waals surface area contributed by atoms with Crippen molar-refractivity contribution in [2.45, 2.75) is 31.5 Å². The van der Waals surface area contributed by atoms with Crippen molar-refractivity contribution < 1.29 is 29.4 Å². The van der Waals surface area contributed by atoms with E-state index < -0.39 is 24.0 Å². The summed E-state index contributed by atoms with van der Waals surface area (Å²) in [5, 5.41) is 17.1. The van der Waals surface area contributed by atoms with Crippen LogP contribution in [0, 0.1) is 0 Å². The van der Waals surface area contributed by atoms with Gasteiger partial charge in [0, 0.05) is 6.54 Å². The van der Waals surface area contributed by atoms with Crippen LogP contribution in [-0.2, 0) is 38.6 Å². The smallest absolute Gasteiger partial charge is 0.373 e. The highest BCUT2D eigenvalue weighted by Gasteiger charge is 2.12. The number of carboxylic acids is 2. The van der Waals surface area contributed by atoms with Crippen molar-refractivity contribution in [2.24, 2.45) is 17.2 Å². The molecule has 0 aliphatic carbocycles. The summed E-state index contributed by atoms with van der Waals surface area (Å²) < 4.78 is 0. The zero-order chi connectivity index (χ0) is 22.2. The molecule has 172 valence electrons. The van der Waals surface area contributed by atoms with E-state index in [0.29, 0.717) is 19.4 Å². The fourth-order valence-electron chi connectivity index (χ4n) is 2.18. The minimum absolute atomic E-state index is 0. The maximum Gasteiger partial charge on any atom is 0.373 e. The van der Waals surface area contributed by atoms with Crippen molar-refractivity contribution >= 4 is 45.1 Å². The van der Waals surface area contributed by atoms with Crippen molar-refractivity contribution in [1.82, 2.24) is 0 Å². The fourth-order valence-corrected chi connectivity index (χ4v) is 2.18. The number of hydrogen-bond acceptors (Lipinski definition) is 7. The van der Waals surface area contributed by atoms with Gasteiger partial charge in [0.05, 0.1) is 0 Å². The molecule has 2 atom stereocenters. The fraction of sp³-hybridized carbons (Fsp3) is 0.250. The van der Waals surface area contributed by atoms with E-state index in [4.69, 9.17) is 37.0 Å². The Morgan fingerprint density at radius 2 is 1.16 bits per heavy atom. The highest BCUT2D eigenvalue weighted by atomic mass is 32.1. The van der Waals surface area contributed by atoms with Gasteiger partial charge >= 0.3 is 18.1 Å². The molecule has 2 rings (SSSR count). The van der Waals surface area contributed by atoms with Crippen LogP contribution in [0.1, 0.15) is 16.7 Å². The van der Waals surface area contributed by atoms with E-state index in [1.807, 2.05) is 54.6 Å². The van der Waals surface area contributed by atoms with Crippen molar-refractivity contribution in [2.75, 3.05) is 0 Å². The Morgan fingerprint density at radius 1 is 0.774 bits per heavy atom. The Bertz CT molecular complexity index is 803. The molecule has 0 aromatic heterocycles. The third kappa shape index (κ3) is 15.8. The van der Waals surface area contributed by atoms with E-state index in [2.05, 4.69) is 0 Å². The minimum Gasteiger partial charge on any atom is -0.480 e. The average Bonchev–Trinajstić information content (AvgIpc) is 2.70. The number of carbonyl (C=O) groups excluding carboxylic acids is 2. The second-order valence-corrected chi connectivity index (χ2v) is 5.89. The van der Waals surface area contributed by atoms with E-state index in [9.17, 15) is 9.59 Å². The summed E-state index contributed by atoms with van der Waals surface area (Å²) in [4.78, 5) is 37.1. The van der Waals surface area contributed by atoms with Crippen LogP contribution >= 0.6 is 27.0 Å². The van der Waals surface area contributed by atoms with E-state index in [0.717, 1.165) is 16.7 Å². The molecule has 2 aromatic carbocycles. The maximum atomic E-state index is 10.5. The van der Waals surface area contributed by atoms with Gasteiger partial charge in [-0.05, 0) is 29.5 Å². The Balaban J connectivity index is -0.000000427. The highest BCUT2D eigenvalue weighted by Crippen LogP contribution is 2.06. The summed E-state index contributed by atoms with van der Waals surface area (Å²) in [6, 6.07) is 15.2. The van der Waals surface area contributed by atoms with Crippen LogP contribution in [0.3, 0.4) is 0 Å². The first-order valence-corrected chi connectivity index (χ1v) is 8.53. The number of benzene rings is 2. The largest absolute Gasteiger partial charge is 0.480 e. The van der Waals surface area contributed by atoms with Gasteiger partial charge in [-0.3, -0.25) is 9.59 Å². The molecule has 31 heavy (non-hydrogen) atoms. The predicted octanol–water partition coefficient (Wildman–Crippen LogP) is 0.383. The monoisotopic (exact) mass is 471 g/mol. The molecule has 11 heteroatoms. The molecule has 8 N–H and O–H groups in total. The second kappa shape index (κ2) is 19.3. The number of hydrogen-bond donors (Lipinski definition) is 5. The molecule has 0 radical (unpaired) electrons. The van der Waals surface area contributed by atoms with E-state index in [1.54, 1.807) is 0 Å². The van der Waals surface area contributed by atoms with Gasteiger partial charge in [0.25, 0.3) is 0 Å². The number of nitrogens with two attached hydrogens (primary N) is 3. The lowest BCUT2D eigenvalue weighted by Gasteiger charge is -2.07. The topological polar surface area (TPSA) is 187 Å². The molecule has 2 aromatic rings. The number of aliphatic carboxylic acids is 2. The van der Waals surface area contributed by atoms with Gasteiger partial charge in [0.15, 0.2) is 0 Å². The zero-order valence-corrected chi connectivity index (χ0v) is 18.7. The lowest BCUT2D eigenvalue weighted by Crippen LogP contribution is -2.32. The molecule has 0 aliphatic rings. The molecular formula is C20H29N3O6S2. The molecule has 9 nitrogen and oxygen atoms in total. The van der Waals surface area contributed by atoms with Crippen molar-refractivity contribution in [1.29, 1.82) is 0 Å². The highest BCUT2D eigenvalue weighted by molar-refractivity contribution is 7.59. The first-order valence-electron chi connectivity index (χ1n) is 8.53. The molecule has 0 heterocycles. The van der Waals surface area contributed by atoms with Gasteiger partial charge < -0.3 is 27.4 Å². The number of rotatable bonds is 7. The Kier molecular flexibility index (Phi) is 20.6. The second-order valence-electron chi connectivity index (χ2n) is 5.89.